The predicted octanol–water partition coefficient (Wildman–Crippen LogP) is 4.30. The Morgan fingerprint density at radius 2 is 1.91 bits per heavy atom. The first kappa shape index (κ1) is 22.7. The van der Waals surface area contributed by atoms with Crippen LogP contribution in [-0.2, 0) is 14.2 Å². The SMILES string of the molecule is COc1ncnc2c1ccn2[C@@H]1O[C@H](CN(C)c2ccc3cc(Br)ncc3c2)[C@H]2OC(C)(C)O[C@H]21. The van der Waals surface area contributed by atoms with Gasteiger partial charge in [0.2, 0.25) is 5.88 Å². The first-order valence-electron chi connectivity index (χ1n) is 11.5. The minimum Gasteiger partial charge on any atom is -0.480 e. The molecular formula is C25H26BrN5O4. The third-order valence-corrected chi connectivity index (χ3v) is 7.07. The van der Waals surface area contributed by atoms with Gasteiger partial charge in [0.05, 0.1) is 12.5 Å². The van der Waals surface area contributed by atoms with E-state index < -0.39 is 12.0 Å². The van der Waals surface area contributed by atoms with E-state index in [-0.39, 0.29) is 18.3 Å². The Labute approximate surface area is 211 Å². The number of aromatic nitrogens is 4. The van der Waals surface area contributed by atoms with Crippen molar-refractivity contribution in [1.29, 1.82) is 0 Å². The largest absolute Gasteiger partial charge is 0.480 e. The zero-order chi connectivity index (χ0) is 24.3. The Kier molecular flexibility index (Phi) is 5.44. The molecule has 2 fully saturated rings. The number of halogens is 1. The van der Waals surface area contributed by atoms with Crippen molar-refractivity contribution in [2.24, 2.45) is 0 Å². The Morgan fingerprint density at radius 3 is 2.74 bits per heavy atom. The summed E-state index contributed by atoms with van der Waals surface area (Å²) in [7, 11) is 3.66. The quantitative estimate of drug-likeness (QED) is 0.347. The van der Waals surface area contributed by atoms with Crippen molar-refractivity contribution in [2.75, 3.05) is 25.6 Å². The van der Waals surface area contributed by atoms with Crippen molar-refractivity contribution in [3.8, 4) is 5.88 Å². The van der Waals surface area contributed by atoms with Gasteiger partial charge in [-0.3, -0.25) is 0 Å². The van der Waals surface area contributed by atoms with E-state index in [1.54, 1.807) is 7.11 Å². The van der Waals surface area contributed by atoms with Crippen LogP contribution in [0.4, 0.5) is 5.69 Å². The van der Waals surface area contributed by atoms with Crippen LogP contribution < -0.4 is 9.64 Å². The minimum atomic E-state index is -0.703. The van der Waals surface area contributed by atoms with Gasteiger partial charge < -0.3 is 28.4 Å². The lowest BCUT2D eigenvalue weighted by Crippen LogP contribution is -2.38. The number of ether oxygens (including phenoxy) is 4. The lowest BCUT2D eigenvalue weighted by atomic mass is 10.1. The molecule has 4 atom stereocenters. The minimum absolute atomic E-state index is 0.211. The maximum absolute atomic E-state index is 6.59. The number of fused-ring (bicyclic) bond motifs is 3. The van der Waals surface area contributed by atoms with E-state index in [0.29, 0.717) is 12.4 Å². The molecule has 5 heterocycles. The molecule has 6 rings (SSSR count). The summed E-state index contributed by atoms with van der Waals surface area (Å²) in [5.74, 6) is -0.174. The molecule has 182 valence electrons. The molecule has 35 heavy (non-hydrogen) atoms. The highest BCUT2D eigenvalue weighted by Gasteiger charge is 2.56. The summed E-state index contributed by atoms with van der Waals surface area (Å²) in [5, 5.41) is 3.03. The van der Waals surface area contributed by atoms with E-state index in [0.717, 1.165) is 32.1 Å². The van der Waals surface area contributed by atoms with Crippen molar-refractivity contribution < 1.29 is 18.9 Å². The Morgan fingerprint density at radius 1 is 1.09 bits per heavy atom. The maximum atomic E-state index is 6.59. The summed E-state index contributed by atoms with van der Waals surface area (Å²) in [6.45, 7) is 4.51. The molecule has 0 N–H and O–H groups in total. The van der Waals surface area contributed by atoms with E-state index in [1.807, 2.05) is 42.9 Å². The molecule has 3 aromatic heterocycles. The maximum Gasteiger partial charge on any atom is 0.225 e. The van der Waals surface area contributed by atoms with Gasteiger partial charge in [-0.1, -0.05) is 6.07 Å². The van der Waals surface area contributed by atoms with Crippen LogP contribution in [0.3, 0.4) is 0 Å². The Bertz CT molecular complexity index is 1410. The number of benzene rings is 1. The number of rotatable bonds is 5. The van der Waals surface area contributed by atoms with Crippen molar-refractivity contribution >= 4 is 43.4 Å². The van der Waals surface area contributed by atoms with Gasteiger partial charge in [-0.05, 0) is 59.4 Å². The summed E-state index contributed by atoms with van der Waals surface area (Å²) < 4.78 is 27.5. The van der Waals surface area contributed by atoms with E-state index in [1.165, 1.54) is 6.33 Å². The number of hydrogen-bond donors (Lipinski definition) is 0. The molecule has 1 aromatic carbocycles. The van der Waals surface area contributed by atoms with Crippen LogP contribution in [0.5, 0.6) is 5.88 Å². The highest BCUT2D eigenvalue weighted by atomic mass is 79.9. The van der Waals surface area contributed by atoms with Crippen LogP contribution in [0.1, 0.15) is 20.1 Å². The average Bonchev–Trinajstić information content (AvgIpc) is 3.49. The van der Waals surface area contributed by atoms with E-state index in [9.17, 15) is 0 Å². The molecule has 2 aliphatic rings. The first-order chi connectivity index (χ1) is 16.8. The highest BCUT2D eigenvalue weighted by molar-refractivity contribution is 9.10. The summed E-state index contributed by atoms with van der Waals surface area (Å²) in [6, 6.07) is 10.3. The summed E-state index contributed by atoms with van der Waals surface area (Å²) >= 11 is 3.44. The Balaban J connectivity index is 1.30. The summed E-state index contributed by atoms with van der Waals surface area (Å²) in [6.07, 6.45) is 4.21. The van der Waals surface area contributed by atoms with Crippen LogP contribution in [0.15, 0.2) is 53.7 Å². The molecule has 9 nitrogen and oxygen atoms in total. The second-order valence-corrected chi connectivity index (χ2v) is 10.2. The van der Waals surface area contributed by atoms with Crippen molar-refractivity contribution in [1.82, 2.24) is 19.5 Å². The number of nitrogens with zero attached hydrogens (tertiary/aromatic N) is 5. The van der Waals surface area contributed by atoms with Gasteiger partial charge >= 0.3 is 0 Å². The second-order valence-electron chi connectivity index (χ2n) is 9.39. The van der Waals surface area contributed by atoms with Crippen LogP contribution in [-0.4, -0.2) is 64.3 Å². The smallest absolute Gasteiger partial charge is 0.225 e. The molecule has 0 amide bonds. The number of methoxy groups -OCH3 is 1. The predicted molar refractivity (Wildman–Crippen MR) is 135 cm³/mol. The van der Waals surface area contributed by atoms with E-state index in [4.69, 9.17) is 18.9 Å². The van der Waals surface area contributed by atoms with Gasteiger partial charge in [0.25, 0.3) is 0 Å². The van der Waals surface area contributed by atoms with Gasteiger partial charge in [-0.15, -0.1) is 0 Å². The topological polar surface area (TPSA) is 83.8 Å². The fourth-order valence-corrected chi connectivity index (χ4v) is 5.41. The molecule has 10 heteroatoms. The molecule has 0 bridgehead atoms. The standard InChI is InChI=1S/C25H26BrN5O4/c1-25(2)34-20-18(12-30(3)16-6-5-14-10-19(26)27-11-15(14)9-16)33-24(21(20)35-25)31-8-7-17-22(31)28-13-29-23(17)32-4/h5-11,13,18,20-21,24H,12H2,1-4H3/t18-,20-,21-,24-/m1/s1. The third-order valence-electron chi connectivity index (χ3n) is 6.63. The lowest BCUT2D eigenvalue weighted by molar-refractivity contribution is -0.195. The molecule has 0 saturated carbocycles. The lowest BCUT2D eigenvalue weighted by Gasteiger charge is -2.28. The highest BCUT2D eigenvalue weighted by Crippen LogP contribution is 2.44. The monoisotopic (exact) mass is 539 g/mol. The summed E-state index contributed by atoms with van der Waals surface area (Å²) in [4.78, 5) is 15.2. The molecule has 0 spiro atoms. The number of pyridine rings is 1. The molecule has 2 saturated heterocycles. The fraction of sp³-hybridized carbons (Fsp3) is 0.400. The normalized spacial score (nSPS) is 25.3. The van der Waals surface area contributed by atoms with Crippen LogP contribution in [0, 0.1) is 0 Å². The van der Waals surface area contributed by atoms with Gasteiger partial charge in [-0.25, -0.2) is 15.0 Å². The van der Waals surface area contributed by atoms with Gasteiger partial charge in [0, 0.05) is 37.1 Å². The van der Waals surface area contributed by atoms with Gasteiger partial charge in [0.15, 0.2) is 12.0 Å². The van der Waals surface area contributed by atoms with Crippen molar-refractivity contribution in [2.45, 2.75) is 44.2 Å². The number of hydrogen-bond acceptors (Lipinski definition) is 8. The molecule has 2 aliphatic heterocycles. The van der Waals surface area contributed by atoms with Crippen molar-refractivity contribution in [3.63, 3.8) is 0 Å². The molecule has 0 aliphatic carbocycles. The number of likely N-dealkylation sites (N-methyl/N-ethyl adjacent to an activating group) is 1. The third kappa shape index (κ3) is 3.94. The van der Waals surface area contributed by atoms with E-state index in [2.05, 4.69) is 61.0 Å². The second kappa shape index (κ2) is 8.41. The molecule has 4 aromatic rings. The molecule has 0 unspecified atom stereocenters. The Hall–Kier alpha value is -2.79. The summed E-state index contributed by atoms with van der Waals surface area (Å²) in [5.41, 5.74) is 1.81. The van der Waals surface area contributed by atoms with Crippen LogP contribution in [0.2, 0.25) is 0 Å². The molecular weight excluding hydrogens is 514 g/mol. The van der Waals surface area contributed by atoms with Crippen LogP contribution in [0.25, 0.3) is 21.8 Å². The first-order valence-corrected chi connectivity index (χ1v) is 12.3. The zero-order valence-electron chi connectivity index (χ0n) is 19.9. The van der Waals surface area contributed by atoms with Gasteiger partial charge in [-0.2, -0.15) is 0 Å². The number of anilines is 1. The zero-order valence-corrected chi connectivity index (χ0v) is 21.5. The van der Waals surface area contributed by atoms with Gasteiger partial charge in [0.1, 0.15) is 34.9 Å². The van der Waals surface area contributed by atoms with Crippen molar-refractivity contribution in [3.05, 3.63) is 53.7 Å². The average molecular weight is 540 g/mol. The van der Waals surface area contributed by atoms with Crippen LogP contribution >= 0.6 is 15.9 Å². The molecule has 0 radical (unpaired) electrons. The van der Waals surface area contributed by atoms with E-state index >= 15 is 0 Å². The fourth-order valence-electron chi connectivity index (χ4n) is 5.06.